The van der Waals surface area contributed by atoms with Gasteiger partial charge in [0.05, 0.1) is 17.4 Å². The van der Waals surface area contributed by atoms with E-state index in [9.17, 15) is 19.5 Å². The Morgan fingerprint density at radius 3 is 2.36 bits per heavy atom. The van der Waals surface area contributed by atoms with Crippen molar-refractivity contribution in [3.05, 3.63) is 83.1 Å². The number of halogens is 1. The highest BCUT2D eigenvalue weighted by atomic mass is 35.5. The summed E-state index contributed by atoms with van der Waals surface area (Å²) in [6, 6.07) is 14.8. The predicted octanol–water partition coefficient (Wildman–Crippen LogP) is 4.75. The lowest BCUT2D eigenvalue weighted by molar-refractivity contribution is -0.133. The number of ether oxygens (including phenoxy) is 2. The Kier molecular flexibility index (Phi) is 7.05. The molecule has 1 unspecified atom stereocenters. The van der Waals surface area contributed by atoms with Gasteiger partial charge in [-0.1, -0.05) is 29.8 Å². The van der Waals surface area contributed by atoms with E-state index in [1.807, 2.05) is 26.0 Å². The summed E-state index contributed by atoms with van der Waals surface area (Å²) >= 11 is 6.33. The maximum absolute atomic E-state index is 14.1. The second kappa shape index (κ2) is 10.5. The van der Waals surface area contributed by atoms with Crippen LogP contribution in [0, 0.1) is 0 Å². The average Bonchev–Trinajstić information content (AvgIpc) is 3.16. The molecule has 2 aliphatic heterocycles. The van der Waals surface area contributed by atoms with Crippen molar-refractivity contribution in [1.82, 2.24) is 9.88 Å². The third-order valence-corrected chi connectivity index (χ3v) is 6.94. The minimum absolute atomic E-state index is 0.0616. The quantitative estimate of drug-likeness (QED) is 0.484. The number of imide groups is 1. The maximum atomic E-state index is 14.1. The van der Waals surface area contributed by atoms with Gasteiger partial charge >= 0.3 is 12.2 Å². The monoisotopic (exact) mass is 550 g/mol. The molecule has 1 N–H and O–H groups in total. The van der Waals surface area contributed by atoms with Crippen molar-refractivity contribution in [1.29, 1.82) is 0 Å². The molecule has 3 heterocycles. The van der Waals surface area contributed by atoms with Crippen molar-refractivity contribution in [2.45, 2.75) is 25.6 Å². The molecule has 1 fully saturated rings. The molecular formula is C28H27ClN4O6. The highest BCUT2D eigenvalue weighted by molar-refractivity contribution is 6.31. The van der Waals surface area contributed by atoms with E-state index >= 15 is 0 Å². The fraction of sp³-hybridized carbons (Fsp3) is 0.286. The Morgan fingerprint density at radius 1 is 1.00 bits per heavy atom. The summed E-state index contributed by atoms with van der Waals surface area (Å²) in [6.07, 6.45) is 0.883. The fourth-order valence-corrected chi connectivity index (χ4v) is 5.16. The lowest BCUT2D eigenvalue weighted by Gasteiger charge is -2.38. The zero-order chi connectivity index (χ0) is 27.7. The molecule has 10 nitrogen and oxygen atoms in total. The van der Waals surface area contributed by atoms with Gasteiger partial charge in [0.1, 0.15) is 5.75 Å². The number of carboxylic acid groups (broad SMARTS) is 1. The summed E-state index contributed by atoms with van der Waals surface area (Å²) in [5.41, 5.74) is -0.734. The molecule has 2 aliphatic rings. The largest absolute Gasteiger partial charge is 0.491 e. The number of pyridine rings is 1. The van der Waals surface area contributed by atoms with Crippen LogP contribution in [-0.2, 0) is 15.1 Å². The number of hydrogen-bond donors (Lipinski definition) is 1. The first-order chi connectivity index (χ1) is 18.7. The first-order valence-electron chi connectivity index (χ1n) is 12.5. The van der Waals surface area contributed by atoms with E-state index in [0.29, 0.717) is 31.1 Å². The number of amides is 3. The van der Waals surface area contributed by atoms with Gasteiger partial charge in [-0.3, -0.25) is 9.78 Å². The molecule has 0 radical (unpaired) electrons. The molecule has 0 aliphatic carbocycles. The molecule has 5 rings (SSSR count). The van der Waals surface area contributed by atoms with Gasteiger partial charge in [-0.05, 0) is 50.2 Å². The number of anilines is 2. The molecule has 0 spiro atoms. The van der Waals surface area contributed by atoms with E-state index in [0.717, 1.165) is 5.69 Å². The number of hydrogen-bond acceptors (Lipinski definition) is 7. The van der Waals surface area contributed by atoms with Crippen molar-refractivity contribution >= 4 is 41.1 Å². The number of nitrogens with zero attached hydrogens (tertiary/aromatic N) is 4. The van der Waals surface area contributed by atoms with E-state index in [-0.39, 0.29) is 33.7 Å². The van der Waals surface area contributed by atoms with Gasteiger partial charge in [-0.2, -0.15) is 0 Å². The van der Waals surface area contributed by atoms with Crippen molar-refractivity contribution in [2.75, 3.05) is 36.0 Å². The van der Waals surface area contributed by atoms with E-state index in [1.165, 1.54) is 23.1 Å². The van der Waals surface area contributed by atoms with E-state index in [2.05, 4.69) is 9.88 Å². The van der Waals surface area contributed by atoms with Gasteiger partial charge in [0.25, 0.3) is 5.91 Å². The molecular weight excluding hydrogens is 524 g/mol. The van der Waals surface area contributed by atoms with Crippen LogP contribution in [0.2, 0.25) is 5.02 Å². The molecule has 1 aromatic heterocycles. The van der Waals surface area contributed by atoms with Crippen LogP contribution in [0.1, 0.15) is 25.0 Å². The standard InChI is InChI=1S/C28H27ClN4O6/c1-18(2)38-24-6-4-3-5-21(24)28(22-17-19(29)7-8-23(22)33(25(28)34)26(35)36)39-27(37)32-15-13-31(14-16-32)20-9-11-30-12-10-20/h3-12,17-18H,13-16H2,1-2H3,(H,35,36). The van der Waals surface area contributed by atoms with Gasteiger partial charge in [0.2, 0.25) is 5.60 Å². The first kappa shape index (κ1) is 26.3. The molecule has 202 valence electrons. The summed E-state index contributed by atoms with van der Waals surface area (Å²) in [5, 5.41) is 10.2. The maximum Gasteiger partial charge on any atom is 0.418 e. The van der Waals surface area contributed by atoms with Crippen LogP contribution in [0.25, 0.3) is 0 Å². The number of fused-ring (bicyclic) bond motifs is 1. The lowest BCUT2D eigenvalue weighted by atomic mass is 9.86. The SMILES string of the molecule is CC(C)Oc1ccccc1C1(OC(=O)N2CCN(c3ccncc3)CC2)C(=O)N(C(=O)O)c2ccc(Cl)cc21. The molecule has 0 saturated carbocycles. The van der Waals surface area contributed by atoms with E-state index in [4.69, 9.17) is 21.1 Å². The third kappa shape index (κ3) is 4.72. The van der Waals surface area contributed by atoms with Crippen LogP contribution in [0.3, 0.4) is 0 Å². The lowest BCUT2D eigenvalue weighted by Crippen LogP contribution is -2.53. The Labute approximate surface area is 230 Å². The van der Waals surface area contributed by atoms with E-state index < -0.39 is 23.7 Å². The number of aromatic nitrogens is 1. The Morgan fingerprint density at radius 2 is 1.69 bits per heavy atom. The van der Waals surface area contributed by atoms with Crippen LogP contribution in [0.5, 0.6) is 5.75 Å². The second-order valence-corrected chi connectivity index (χ2v) is 9.91. The number of carbonyl (C=O) groups excluding carboxylic acids is 2. The summed E-state index contributed by atoms with van der Waals surface area (Å²) in [7, 11) is 0. The number of para-hydroxylation sites is 1. The number of rotatable bonds is 5. The summed E-state index contributed by atoms with van der Waals surface area (Å²) < 4.78 is 12.1. The number of carbonyl (C=O) groups is 3. The summed E-state index contributed by atoms with van der Waals surface area (Å²) in [4.78, 5) is 48.3. The predicted molar refractivity (Wildman–Crippen MR) is 144 cm³/mol. The van der Waals surface area contributed by atoms with Crippen LogP contribution in [-0.4, -0.2) is 65.4 Å². The second-order valence-electron chi connectivity index (χ2n) is 9.48. The number of piperazine rings is 1. The topological polar surface area (TPSA) is 113 Å². The molecule has 2 aromatic carbocycles. The number of benzene rings is 2. The van der Waals surface area contributed by atoms with Crippen molar-refractivity contribution < 1.29 is 29.0 Å². The molecule has 11 heteroatoms. The van der Waals surface area contributed by atoms with Gasteiger partial charge in [0, 0.05) is 54.8 Å². The summed E-state index contributed by atoms with van der Waals surface area (Å²) in [6.45, 7) is 5.39. The molecule has 1 saturated heterocycles. The molecule has 1 atom stereocenters. The zero-order valence-electron chi connectivity index (χ0n) is 21.4. The van der Waals surface area contributed by atoms with Crippen LogP contribution in [0.4, 0.5) is 21.0 Å². The van der Waals surface area contributed by atoms with Crippen molar-refractivity contribution in [2.24, 2.45) is 0 Å². The smallest absolute Gasteiger partial charge is 0.418 e. The van der Waals surface area contributed by atoms with Gasteiger partial charge in [-0.15, -0.1) is 0 Å². The average molecular weight is 551 g/mol. The molecule has 3 aromatic rings. The normalized spacial score (nSPS) is 18.8. The van der Waals surface area contributed by atoms with Gasteiger partial charge in [-0.25, -0.2) is 14.5 Å². The zero-order valence-corrected chi connectivity index (χ0v) is 22.2. The summed E-state index contributed by atoms with van der Waals surface area (Å²) in [5.74, 6) is -0.662. The van der Waals surface area contributed by atoms with Crippen molar-refractivity contribution in [3.63, 3.8) is 0 Å². The van der Waals surface area contributed by atoms with Crippen LogP contribution in [0.15, 0.2) is 67.0 Å². The molecule has 0 bridgehead atoms. The minimum atomic E-state index is -2.14. The van der Waals surface area contributed by atoms with Gasteiger partial charge < -0.3 is 24.4 Å². The minimum Gasteiger partial charge on any atom is -0.491 e. The third-order valence-electron chi connectivity index (χ3n) is 6.71. The van der Waals surface area contributed by atoms with Crippen LogP contribution < -0.4 is 14.5 Å². The Hall–Kier alpha value is -4.31. The molecule has 39 heavy (non-hydrogen) atoms. The van der Waals surface area contributed by atoms with Crippen LogP contribution >= 0.6 is 11.6 Å². The Bertz CT molecular complexity index is 1410. The highest BCUT2D eigenvalue weighted by Crippen LogP contribution is 2.51. The highest BCUT2D eigenvalue weighted by Gasteiger charge is 2.59. The van der Waals surface area contributed by atoms with Crippen molar-refractivity contribution in [3.8, 4) is 5.75 Å². The molecule has 3 amide bonds. The van der Waals surface area contributed by atoms with E-state index in [1.54, 1.807) is 36.7 Å². The first-order valence-corrected chi connectivity index (χ1v) is 12.9. The Balaban J connectivity index is 1.56. The fourth-order valence-electron chi connectivity index (χ4n) is 4.98. The van der Waals surface area contributed by atoms with Gasteiger partial charge in [0.15, 0.2) is 0 Å².